The molecule has 1 rings (SSSR count). The number of aliphatic hydroxyl groups excluding tert-OH is 1. The number of carbonyl (C=O) groups is 2. The van der Waals surface area contributed by atoms with Gasteiger partial charge in [-0.05, 0) is 24.6 Å². The largest absolute Gasteiger partial charge is 0.384 e. The monoisotopic (exact) mass is 292 g/mol. The Morgan fingerprint density at radius 1 is 1.33 bits per heavy atom. The summed E-state index contributed by atoms with van der Waals surface area (Å²) in [5, 5.41) is 13.5. The molecule has 0 aliphatic carbocycles. The number of benzene rings is 1. The van der Waals surface area contributed by atoms with Crippen LogP contribution in [0.3, 0.4) is 0 Å². The summed E-state index contributed by atoms with van der Waals surface area (Å²) in [5.41, 5.74) is 0.217. The van der Waals surface area contributed by atoms with Crippen LogP contribution in [0, 0.1) is 17.7 Å². The number of rotatable bonds is 5. The summed E-state index contributed by atoms with van der Waals surface area (Å²) < 4.78 is 13.6. The first-order valence-corrected chi connectivity index (χ1v) is 6.52. The summed E-state index contributed by atoms with van der Waals surface area (Å²) in [7, 11) is 0. The minimum atomic E-state index is -0.698. The topological polar surface area (TPSA) is 78.4 Å². The number of aliphatic hydroxyl groups is 1. The molecular formula is C15H17FN2O3. The molecule has 112 valence electrons. The van der Waals surface area contributed by atoms with Gasteiger partial charge in [0.1, 0.15) is 12.4 Å². The number of nitrogens with one attached hydrogen (secondary N) is 2. The van der Waals surface area contributed by atoms with Gasteiger partial charge in [0.2, 0.25) is 5.91 Å². The lowest BCUT2D eigenvalue weighted by molar-refractivity contribution is -0.120. The van der Waals surface area contributed by atoms with E-state index in [1.54, 1.807) is 0 Å². The highest BCUT2D eigenvalue weighted by atomic mass is 19.1. The van der Waals surface area contributed by atoms with Crippen LogP contribution in [0.15, 0.2) is 18.2 Å². The van der Waals surface area contributed by atoms with Crippen molar-refractivity contribution in [3.05, 3.63) is 35.1 Å². The highest BCUT2D eigenvalue weighted by molar-refractivity contribution is 5.97. The minimum Gasteiger partial charge on any atom is -0.384 e. The summed E-state index contributed by atoms with van der Waals surface area (Å²) in [6, 6.07) is 3.80. The second-order valence-corrected chi connectivity index (χ2v) is 4.19. The standard InChI is InChI=1S/C15H17FN2O3/c1-2-7-17-14(20)10-18-15(21)12-9-11(4-3-8-19)5-6-13(12)16/h5-6,9,19H,2,7-8,10H2,1H3,(H,17,20)(H,18,21). The van der Waals surface area contributed by atoms with Crippen molar-refractivity contribution in [2.45, 2.75) is 13.3 Å². The maximum atomic E-state index is 13.6. The molecule has 6 heteroatoms. The number of hydrogen-bond donors (Lipinski definition) is 3. The molecule has 1 aromatic carbocycles. The van der Waals surface area contributed by atoms with Gasteiger partial charge in [0.25, 0.3) is 5.91 Å². The van der Waals surface area contributed by atoms with Gasteiger partial charge in [0.15, 0.2) is 0 Å². The Balaban J connectivity index is 2.71. The average molecular weight is 292 g/mol. The molecule has 0 fully saturated rings. The Morgan fingerprint density at radius 2 is 2.10 bits per heavy atom. The van der Waals surface area contributed by atoms with Gasteiger partial charge in [-0.1, -0.05) is 18.8 Å². The van der Waals surface area contributed by atoms with Gasteiger partial charge < -0.3 is 15.7 Å². The van der Waals surface area contributed by atoms with Gasteiger partial charge in [-0.15, -0.1) is 0 Å². The van der Waals surface area contributed by atoms with E-state index in [1.165, 1.54) is 12.1 Å². The molecule has 0 saturated heterocycles. The zero-order valence-electron chi connectivity index (χ0n) is 11.7. The van der Waals surface area contributed by atoms with Crippen LogP contribution in [0.5, 0.6) is 0 Å². The summed E-state index contributed by atoms with van der Waals surface area (Å²) in [4.78, 5) is 23.2. The van der Waals surface area contributed by atoms with E-state index >= 15 is 0 Å². The first kappa shape index (κ1) is 16.7. The highest BCUT2D eigenvalue weighted by Gasteiger charge is 2.13. The Labute approximate surface area is 122 Å². The van der Waals surface area contributed by atoms with Crippen LogP contribution in [0.25, 0.3) is 0 Å². The summed E-state index contributed by atoms with van der Waals surface area (Å²) in [6.07, 6.45) is 0.792. The van der Waals surface area contributed by atoms with Gasteiger partial charge in [-0.2, -0.15) is 0 Å². The molecule has 0 unspecified atom stereocenters. The first-order valence-electron chi connectivity index (χ1n) is 6.52. The van der Waals surface area contributed by atoms with Crippen molar-refractivity contribution >= 4 is 11.8 Å². The predicted molar refractivity (Wildman–Crippen MR) is 76.0 cm³/mol. The molecule has 3 N–H and O–H groups in total. The lowest BCUT2D eigenvalue weighted by Gasteiger charge is -2.07. The van der Waals surface area contributed by atoms with Crippen LogP contribution in [0.4, 0.5) is 4.39 Å². The van der Waals surface area contributed by atoms with Gasteiger partial charge in [-0.25, -0.2) is 4.39 Å². The second kappa shape index (κ2) is 8.72. The normalized spacial score (nSPS) is 9.48. The SMILES string of the molecule is CCCNC(=O)CNC(=O)c1cc(C#CCO)ccc1F. The smallest absolute Gasteiger partial charge is 0.254 e. The van der Waals surface area contributed by atoms with Gasteiger partial charge in [0, 0.05) is 12.1 Å². The zero-order chi connectivity index (χ0) is 15.7. The van der Waals surface area contributed by atoms with Crippen molar-refractivity contribution in [3.63, 3.8) is 0 Å². The van der Waals surface area contributed by atoms with Crippen LogP contribution >= 0.6 is 0 Å². The summed E-state index contributed by atoms with van der Waals surface area (Å²) >= 11 is 0. The number of hydrogen-bond acceptors (Lipinski definition) is 3. The zero-order valence-corrected chi connectivity index (χ0v) is 11.7. The van der Waals surface area contributed by atoms with Crippen molar-refractivity contribution < 1.29 is 19.1 Å². The maximum Gasteiger partial charge on any atom is 0.254 e. The number of halogens is 1. The fourth-order valence-electron chi connectivity index (χ4n) is 1.50. The van der Waals surface area contributed by atoms with Crippen molar-refractivity contribution in [1.29, 1.82) is 0 Å². The molecule has 0 aromatic heterocycles. The van der Waals surface area contributed by atoms with Crippen molar-refractivity contribution in [1.82, 2.24) is 10.6 Å². The fraction of sp³-hybridized carbons (Fsp3) is 0.333. The van der Waals surface area contributed by atoms with Crippen LogP contribution in [-0.2, 0) is 4.79 Å². The van der Waals surface area contributed by atoms with E-state index < -0.39 is 11.7 Å². The minimum absolute atomic E-state index is 0.192. The summed E-state index contributed by atoms with van der Waals surface area (Å²) in [5.74, 6) is 3.28. The molecule has 1 aromatic rings. The quantitative estimate of drug-likeness (QED) is 0.689. The predicted octanol–water partition coefficient (Wildman–Crippen LogP) is 0.425. The second-order valence-electron chi connectivity index (χ2n) is 4.19. The van der Waals surface area contributed by atoms with Crippen LogP contribution in [-0.4, -0.2) is 36.6 Å². The molecule has 0 saturated carbocycles. The first-order chi connectivity index (χ1) is 10.1. The van der Waals surface area contributed by atoms with E-state index in [9.17, 15) is 14.0 Å². The Morgan fingerprint density at radius 3 is 2.76 bits per heavy atom. The van der Waals surface area contributed by atoms with Gasteiger partial charge in [-0.3, -0.25) is 9.59 Å². The van der Waals surface area contributed by atoms with E-state index in [2.05, 4.69) is 22.5 Å². The number of carbonyl (C=O) groups excluding carboxylic acids is 2. The van der Waals surface area contributed by atoms with Crippen molar-refractivity contribution in [3.8, 4) is 11.8 Å². The Hall–Kier alpha value is -2.39. The van der Waals surface area contributed by atoms with Crippen LogP contribution in [0.2, 0.25) is 0 Å². The van der Waals surface area contributed by atoms with E-state index in [-0.39, 0.29) is 24.6 Å². The molecular weight excluding hydrogens is 275 g/mol. The Bertz CT molecular complexity index is 576. The van der Waals surface area contributed by atoms with Crippen molar-refractivity contribution in [2.24, 2.45) is 0 Å². The van der Waals surface area contributed by atoms with Gasteiger partial charge in [0.05, 0.1) is 12.1 Å². The third-order valence-corrected chi connectivity index (χ3v) is 2.50. The molecule has 0 heterocycles. The molecule has 0 spiro atoms. The molecule has 0 radical (unpaired) electrons. The molecule has 0 bridgehead atoms. The molecule has 21 heavy (non-hydrogen) atoms. The van der Waals surface area contributed by atoms with E-state index in [0.717, 1.165) is 12.5 Å². The van der Waals surface area contributed by atoms with Crippen molar-refractivity contribution in [2.75, 3.05) is 19.7 Å². The average Bonchev–Trinajstić information content (AvgIpc) is 2.49. The fourth-order valence-corrected chi connectivity index (χ4v) is 1.50. The lowest BCUT2D eigenvalue weighted by atomic mass is 10.1. The maximum absolute atomic E-state index is 13.6. The van der Waals surface area contributed by atoms with Crippen LogP contribution < -0.4 is 10.6 Å². The van der Waals surface area contributed by atoms with E-state index in [1.807, 2.05) is 6.92 Å². The lowest BCUT2D eigenvalue weighted by Crippen LogP contribution is -2.37. The third-order valence-electron chi connectivity index (χ3n) is 2.50. The highest BCUT2D eigenvalue weighted by Crippen LogP contribution is 2.09. The molecule has 5 nitrogen and oxygen atoms in total. The third kappa shape index (κ3) is 5.63. The van der Waals surface area contributed by atoms with Gasteiger partial charge >= 0.3 is 0 Å². The Kier molecular flexibility index (Phi) is 6.92. The molecule has 2 amide bonds. The molecule has 0 aliphatic rings. The van der Waals surface area contributed by atoms with Crippen LogP contribution in [0.1, 0.15) is 29.3 Å². The molecule has 0 aliphatic heterocycles. The summed E-state index contributed by atoms with van der Waals surface area (Å²) in [6.45, 7) is 1.89. The molecule has 0 atom stereocenters. The van der Waals surface area contributed by atoms with E-state index in [4.69, 9.17) is 5.11 Å². The number of amides is 2. The van der Waals surface area contributed by atoms with E-state index in [0.29, 0.717) is 12.1 Å².